The summed E-state index contributed by atoms with van der Waals surface area (Å²) in [4.78, 5) is 41.1. The zero-order valence-electron chi connectivity index (χ0n) is 15.5. The Morgan fingerprint density at radius 3 is 2.04 bits per heavy atom. The normalized spacial score (nSPS) is 10.4. The summed E-state index contributed by atoms with van der Waals surface area (Å²) in [6.45, 7) is 6.55. The molecule has 0 bridgehead atoms. The van der Waals surface area contributed by atoms with Crippen molar-refractivity contribution in [3.05, 3.63) is 75.8 Å². The zero-order valence-corrected chi connectivity index (χ0v) is 15.5. The molecule has 0 N–H and O–H groups in total. The van der Waals surface area contributed by atoms with Crippen LogP contribution in [0.4, 0.5) is 5.69 Å². The second-order valence-corrected chi connectivity index (χ2v) is 6.31. The number of benzene rings is 2. The van der Waals surface area contributed by atoms with Crippen LogP contribution in [0.1, 0.15) is 43.6 Å². The highest BCUT2D eigenvalue weighted by atomic mass is 17.5. The molecule has 2 aromatic carbocycles. The first-order valence-corrected chi connectivity index (χ1v) is 7.98. The quantitative estimate of drug-likeness (QED) is 0.336. The summed E-state index contributed by atoms with van der Waals surface area (Å²) < 4.78 is 0. The van der Waals surface area contributed by atoms with Gasteiger partial charge in [0.05, 0.1) is 10.5 Å². The Kier molecular flexibility index (Phi) is 8.25. The largest absolute Gasteiger partial charge is 0.342 e. The number of carbonyl (C=O) groups excluding carboxylic acids is 2. The van der Waals surface area contributed by atoms with Crippen LogP contribution in [0.15, 0.2) is 54.6 Å². The van der Waals surface area contributed by atoms with E-state index >= 15 is 0 Å². The van der Waals surface area contributed by atoms with Gasteiger partial charge in [0.15, 0.2) is 5.78 Å². The van der Waals surface area contributed by atoms with Crippen LogP contribution in [0.5, 0.6) is 0 Å². The molecule has 0 amide bonds. The van der Waals surface area contributed by atoms with Gasteiger partial charge in [0.1, 0.15) is 5.56 Å². The third-order valence-electron chi connectivity index (χ3n) is 2.82. The Balaban J connectivity index is 0.000000314. The van der Waals surface area contributed by atoms with Crippen LogP contribution in [0.25, 0.3) is 0 Å². The van der Waals surface area contributed by atoms with Crippen molar-refractivity contribution in [3.8, 4) is 0 Å². The molecule has 0 aliphatic heterocycles. The van der Waals surface area contributed by atoms with E-state index in [9.17, 15) is 19.7 Å². The Bertz CT molecular complexity index is 782. The molecule has 0 fully saturated rings. The molecule has 0 atom stereocenters. The van der Waals surface area contributed by atoms with Crippen molar-refractivity contribution >= 4 is 17.4 Å². The Hall–Kier alpha value is -3.10. The molecule has 27 heavy (non-hydrogen) atoms. The number of para-hydroxylation sites is 1. The van der Waals surface area contributed by atoms with Gasteiger partial charge in [0.25, 0.3) is 5.69 Å². The summed E-state index contributed by atoms with van der Waals surface area (Å²) in [7, 11) is 0. The van der Waals surface area contributed by atoms with Gasteiger partial charge in [-0.3, -0.25) is 19.8 Å². The zero-order chi connectivity index (χ0) is 20.4. The highest BCUT2D eigenvalue weighted by Gasteiger charge is 2.19. The molecule has 8 nitrogen and oxygen atoms in total. The van der Waals surface area contributed by atoms with Gasteiger partial charge in [0.2, 0.25) is 0 Å². The van der Waals surface area contributed by atoms with Crippen molar-refractivity contribution in [2.75, 3.05) is 0 Å². The molecule has 0 aliphatic carbocycles. The standard InChI is InChI=1S/C13H9NO3.C6H12O4/c15-13(10-6-2-1-3-7-10)11-8-4-5-9-12(11)14(16)17;1-5(7)8-10-9-6(2,3)4/h1-9H;1-4H3. The number of hydrogen-bond donors (Lipinski definition) is 0. The number of carbonyl (C=O) groups is 2. The third-order valence-corrected chi connectivity index (χ3v) is 2.82. The maximum atomic E-state index is 12.1. The first-order valence-electron chi connectivity index (χ1n) is 7.98. The molecule has 0 spiro atoms. The van der Waals surface area contributed by atoms with E-state index in [1.165, 1.54) is 19.1 Å². The predicted molar refractivity (Wildman–Crippen MR) is 96.7 cm³/mol. The van der Waals surface area contributed by atoms with Gasteiger partial charge in [-0.1, -0.05) is 42.5 Å². The van der Waals surface area contributed by atoms with E-state index in [0.29, 0.717) is 5.56 Å². The summed E-state index contributed by atoms with van der Waals surface area (Å²) >= 11 is 0. The summed E-state index contributed by atoms with van der Waals surface area (Å²) in [5, 5.41) is 14.9. The van der Waals surface area contributed by atoms with E-state index in [2.05, 4.69) is 14.8 Å². The topological polar surface area (TPSA) is 105 Å². The minimum atomic E-state index is -0.545. The van der Waals surface area contributed by atoms with Gasteiger partial charge in [-0.25, -0.2) is 4.79 Å². The summed E-state index contributed by atoms with van der Waals surface area (Å²) in [5.74, 6) is -0.873. The van der Waals surface area contributed by atoms with Gasteiger partial charge in [-0.15, -0.1) is 0 Å². The van der Waals surface area contributed by atoms with Gasteiger partial charge >= 0.3 is 5.97 Å². The van der Waals surface area contributed by atoms with Crippen molar-refractivity contribution in [3.63, 3.8) is 0 Å². The fourth-order valence-electron chi connectivity index (χ4n) is 1.74. The molecule has 0 saturated carbocycles. The van der Waals surface area contributed by atoms with E-state index in [1.807, 2.05) is 0 Å². The lowest BCUT2D eigenvalue weighted by Gasteiger charge is -2.14. The lowest BCUT2D eigenvalue weighted by atomic mass is 10.0. The van der Waals surface area contributed by atoms with E-state index < -0.39 is 16.5 Å². The molecule has 8 heteroatoms. The van der Waals surface area contributed by atoms with Gasteiger partial charge in [-0.2, -0.15) is 4.89 Å². The van der Waals surface area contributed by atoms with E-state index in [-0.39, 0.29) is 17.0 Å². The van der Waals surface area contributed by atoms with Crippen LogP contribution in [0.2, 0.25) is 0 Å². The average Bonchev–Trinajstić information content (AvgIpc) is 2.61. The maximum Gasteiger partial charge on any atom is 0.342 e. The second kappa shape index (κ2) is 10.1. The second-order valence-electron chi connectivity index (χ2n) is 6.31. The van der Waals surface area contributed by atoms with Crippen LogP contribution >= 0.6 is 0 Å². The van der Waals surface area contributed by atoms with Crippen LogP contribution < -0.4 is 0 Å². The number of nitro benzene ring substituents is 1. The molecular formula is C19H21NO7. The summed E-state index contributed by atoms with van der Waals surface area (Å²) in [6, 6.07) is 14.5. The van der Waals surface area contributed by atoms with Crippen LogP contribution in [0.3, 0.4) is 0 Å². The molecule has 0 aliphatic rings. The van der Waals surface area contributed by atoms with E-state index in [1.54, 1.807) is 63.2 Å². The molecule has 2 rings (SSSR count). The van der Waals surface area contributed by atoms with Gasteiger partial charge < -0.3 is 0 Å². The fraction of sp³-hybridized carbons (Fsp3) is 0.263. The monoisotopic (exact) mass is 375 g/mol. The molecular weight excluding hydrogens is 354 g/mol. The predicted octanol–water partition coefficient (Wildman–Crippen LogP) is 4.04. The van der Waals surface area contributed by atoms with Gasteiger partial charge in [0, 0.05) is 18.6 Å². The maximum absolute atomic E-state index is 12.1. The summed E-state index contributed by atoms with van der Waals surface area (Å²) in [5.41, 5.74) is -0.0676. The van der Waals surface area contributed by atoms with Crippen molar-refractivity contribution in [2.24, 2.45) is 0 Å². The minimum absolute atomic E-state index is 0.115. The molecule has 0 radical (unpaired) electrons. The lowest BCUT2D eigenvalue weighted by Crippen LogP contribution is -2.20. The van der Waals surface area contributed by atoms with Crippen molar-refractivity contribution < 1.29 is 29.3 Å². The fourth-order valence-corrected chi connectivity index (χ4v) is 1.74. The van der Waals surface area contributed by atoms with Crippen LogP contribution in [0, 0.1) is 10.1 Å². The number of hydrogen-bond acceptors (Lipinski definition) is 7. The lowest BCUT2D eigenvalue weighted by molar-refractivity contribution is -0.514. The number of rotatable bonds is 5. The molecule has 0 heterocycles. The molecule has 2 aromatic rings. The minimum Gasteiger partial charge on any atom is -0.288 e. The average molecular weight is 375 g/mol. The number of ketones is 1. The number of nitrogens with zero attached hydrogens (tertiary/aromatic N) is 1. The Morgan fingerprint density at radius 1 is 0.963 bits per heavy atom. The molecule has 144 valence electrons. The van der Waals surface area contributed by atoms with E-state index in [0.717, 1.165) is 0 Å². The van der Waals surface area contributed by atoms with Crippen LogP contribution in [-0.2, 0) is 19.6 Å². The summed E-state index contributed by atoms with van der Waals surface area (Å²) in [6.07, 6.45) is 0. The van der Waals surface area contributed by atoms with Gasteiger partial charge in [-0.05, 0) is 31.9 Å². The van der Waals surface area contributed by atoms with Crippen LogP contribution in [-0.4, -0.2) is 22.3 Å². The first-order chi connectivity index (χ1) is 12.6. The molecule has 0 unspecified atom stereocenters. The van der Waals surface area contributed by atoms with E-state index in [4.69, 9.17) is 0 Å². The smallest absolute Gasteiger partial charge is 0.288 e. The highest BCUT2D eigenvalue weighted by molar-refractivity contribution is 6.11. The molecule has 0 saturated heterocycles. The highest BCUT2D eigenvalue weighted by Crippen LogP contribution is 2.20. The SMILES string of the molecule is CC(=O)OOOC(C)(C)C.O=C(c1ccccc1)c1ccccc1[N+](=O)[O-]. The Morgan fingerprint density at radius 2 is 1.52 bits per heavy atom. The first kappa shape index (κ1) is 21.9. The molecule has 0 aromatic heterocycles. The third kappa shape index (κ3) is 8.21. The van der Waals surface area contributed by atoms with Crippen molar-refractivity contribution in [1.82, 2.24) is 0 Å². The number of nitro groups is 1. The Labute approximate surface area is 156 Å². The van der Waals surface area contributed by atoms with Crippen molar-refractivity contribution in [1.29, 1.82) is 0 Å². The van der Waals surface area contributed by atoms with Crippen molar-refractivity contribution in [2.45, 2.75) is 33.3 Å².